The number of nitrogens with two attached hydrogens (primary N) is 1. The predicted molar refractivity (Wildman–Crippen MR) is 90.4 cm³/mol. The molecule has 0 radical (unpaired) electrons. The van der Waals surface area contributed by atoms with Crippen molar-refractivity contribution in [3.8, 4) is 0 Å². The van der Waals surface area contributed by atoms with E-state index >= 15 is 0 Å². The molecule has 1 saturated heterocycles. The lowest BCUT2D eigenvalue weighted by atomic mass is 9.79. The molecule has 0 aliphatic carbocycles. The fourth-order valence-electron chi connectivity index (χ4n) is 3.35. The van der Waals surface area contributed by atoms with Gasteiger partial charge in [-0.2, -0.15) is 0 Å². The lowest BCUT2D eigenvalue weighted by Gasteiger charge is -2.45. The number of rotatable bonds is 6. The Morgan fingerprint density at radius 1 is 1.14 bits per heavy atom. The molecule has 0 amide bonds. The third-order valence-corrected chi connectivity index (χ3v) is 5.09. The van der Waals surface area contributed by atoms with Gasteiger partial charge >= 0.3 is 0 Å². The molecule has 1 aromatic rings. The number of hydrogen-bond donors (Lipinski definition) is 1. The molecule has 21 heavy (non-hydrogen) atoms. The van der Waals surface area contributed by atoms with Crippen molar-refractivity contribution in [2.45, 2.75) is 44.7 Å². The van der Waals surface area contributed by atoms with Gasteiger partial charge in [0, 0.05) is 32.2 Å². The van der Waals surface area contributed by atoms with Gasteiger partial charge in [0.1, 0.15) is 0 Å². The third kappa shape index (κ3) is 3.85. The van der Waals surface area contributed by atoms with Crippen molar-refractivity contribution in [1.29, 1.82) is 0 Å². The van der Waals surface area contributed by atoms with E-state index < -0.39 is 0 Å². The summed E-state index contributed by atoms with van der Waals surface area (Å²) in [5.74, 6) is 0. The molecule has 2 unspecified atom stereocenters. The van der Waals surface area contributed by atoms with Crippen LogP contribution in [0.25, 0.3) is 0 Å². The highest BCUT2D eigenvalue weighted by Gasteiger charge is 2.37. The second-order valence-electron chi connectivity index (χ2n) is 6.53. The minimum absolute atomic E-state index is 0.243. The minimum Gasteiger partial charge on any atom is -0.320 e. The van der Waals surface area contributed by atoms with Crippen LogP contribution in [0.5, 0.6) is 0 Å². The van der Waals surface area contributed by atoms with Crippen LogP contribution in [0.2, 0.25) is 0 Å². The molecule has 118 valence electrons. The molecule has 0 saturated carbocycles. The van der Waals surface area contributed by atoms with Gasteiger partial charge in [0.2, 0.25) is 0 Å². The van der Waals surface area contributed by atoms with E-state index in [1.54, 1.807) is 0 Å². The molecule has 3 nitrogen and oxygen atoms in total. The molecule has 1 fully saturated rings. The maximum absolute atomic E-state index is 6.96. The maximum atomic E-state index is 6.96. The smallest absolute Gasteiger partial charge is 0.0564 e. The van der Waals surface area contributed by atoms with E-state index in [4.69, 9.17) is 5.73 Å². The van der Waals surface area contributed by atoms with Crippen molar-refractivity contribution < 1.29 is 0 Å². The van der Waals surface area contributed by atoms with E-state index in [2.05, 4.69) is 61.0 Å². The van der Waals surface area contributed by atoms with Gasteiger partial charge in [-0.25, -0.2) is 0 Å². The number of likely N-dealkylation sites (N-methyl/N-ethyl adjacent to an activating group) is 1. The van der Waals surface area contributed by atoms with Crippen molar-refractivity contribution >= 4 is 0 Å². The first-order chi connectivity index (χ1) is 10.1. The first-order valence-corrected chi connectivity index (χ1v) is 8.35. The van der Waals surface area contributed by atoms with Gasteiger partial charge in [-0.3, -0.25) is 4.90 Å². The average molecular weight is 289 g/mol. The standard InChI is InChI=1S/C18H31N3/c1-4-5-11-18(19,17-9-7-6-8-10-17)16(2)21-14-12-20(3)13-15-21/h6-10,16H,4-5,11-15,19H2,1-3H3. The zero-order valence-corrected chi connectivity index (χ0v) is 13.9. The number of piperazine rings is 1. The van der Waals surface area contributed by atoms with Gasteiger partial charge in [-0.15, -0.1) is 0 Å². The Bertz CT molecular complexity index is 412. The van der Waals surface area contributed by atoms with Crippen LogP contribution < -0.4 is 5.73 Å². The summed E-state index contributed by atoms with van der Waals surface area (Å²) in [4.78, 5) is 4.97. The highest BCUT2D eigenvalue weighted by Crippen LogP contribution is 2.31. The Labute approximate surface area is 130 Å². The van der Waals surface area contributed by atoms with Gasteiger partial charge in [0.05, 0.1) is 5.54 Å². The summed E-state index contributed by atoms with van der Waals surface area (Å²) in [5.41, 5.74) is 8.00. The van der Waals surface area contributed by atoms with Gasteiger partial charge < -0.3 is 10.6 Å². The zero-order valence-electron chi connectivity index (χ0n) is 13.9. The zero-order chi connectivity index (χ0) is 15.3. The summed E-state index contributed by atoms with van der Waals surface area (Å²) >= 11 is 0. The molecule has 0 spiro atoms. The van der Waals surface area contributed by atoms with Gasteiger partial charge in [-0.1, -0.05) is 50.1 Å². The molecule has 1 aliphatic heterocycles. The van der Waals surface area contributed by atoms with Crippen LogP contribution in [0, 0.1) is 0 Å². The number of hydrogen-bond acceptors (Lipinski definition) is 3. The second-order valence-corrected chi connectivity index (χ2v) is 6.53. The summed E-state index contributed by atoms with van der Waals surface area (Å²) in [6, 6.07) is 11.1. The molecular formula is C18H31N3. The van der Waals surface area contributed by atoms with Crippen molar-refractivity contribution in [1.82, 2.24) is 9.80 Å². The monoisotopic (exact) mass is 289 g/mol. The molecule has 2 rings (SSSR count). The molecule has 2 N–H and O–H groups in total. The van der Waals surface area contributed by atoms with Crippen LogP contribution in [0.3, 0.4) is 0 Å². The third-order valence-electron chi connectivity index (χ3n) is 5.09. The fourth-order valence-corrected chi connectivity index (χ4v) is 3.35. The van der Waals surface area contributed by atoms with Crippen LogP contribution >= 0.6 is 0 Å². The molecule has 1 aliphatic rings. The van der Waals surface area contributed by atoms with E-state index in [9.17, 15) is 0 Å². The lowest BCUT2D eigenvalue weighted by molar-refractivity contribution is 0.0711. The Balaban J connectivity index is 2.18. The fraction of sp³-hybridized carbons (Fsp3) is 0.667. The Morgan fingerprint density at radius 3 is 2.33 bits per heavy atom. The molecule has 1 heterocycles. The van der Waals surface area contributed by atoms with Crippen LogP contribution in [-0.2, 0) is 5.54 Å². The highest BCUT2D eigenvalue weighted by atomic mass is 15.3. The summed E-state index contributed by atoms with van der Waals surface area (Å²) < 4.78 is 0. The minimum atomic E-state index is -0.243. The molecule has 1 aromatic carbocycles. The normalized spacial score (nSPS) is 21.9. The average Bonchev–Trinajstić information content (AvgIpc) is 2.53. The van der Waals surface area contributed by atoms with Crippen molar-refractivity contribution in [2.24, 2.45) is 5.73 Å². The second kappa shape index (κ2) is 7.39. The van der Waals surface area contributed by atoms with Crippen LogP contribution in [-0.4, -0.2) is 49.1 Å². The van der Waals surface area contributed by atoms with Crippen molar-refractivity contribution in [3.05, 3.63) is 35.9 Å². The lowest BCUT2D eigenvalue weighted by Crippen LogP contribution is -2.59. The Kier molecular flexibility index (Phi) is 5.80. The van der Waals surface area contributed by atoms with Gasteiger partial charge in [-0.05, 0) is 26.0 Å². The van der Waals surface area contributed by atoms with E-state index in [-0.39, 0.29) is 5.54 Å². The molecule has 3 heteroatoms. The van der Waals surface area contributed by atoms with Crippen LogP contribution in [0.4, 0.5) is 0 Å². The molecular weight excluding hydrogens is 258 g/mol. The Hall–Kier alpha value is -0.900. The SMILES string of the molecule is CCCCC(N)(c1ccccc1)C(C)N1CCN(C)CC1. The van der Waals surface area contributed by atoms with Crippen LogP contribution in [0.15, 0.2) is 30.3 Å². The molecule has 2 atom stereocenters. The highest BCUT2D eigenvalue weighted by molar-refractivity contribution is 5.26. The molecule has 0 aromatic heterocycles. The summed E-state index contributed by atoms with van der Waals surface area (Å²) in [6.45, 7) is 9.08. The van der Waals surface area contributed by atoms with Crippen LogP contribution in [0.1, 0.15) is 38.7 Å². The Morgan fingerprint density at radius 2 is 1.76 bits per heavy atom. The van der Waals surface area contributed by atoms with Crippen molar-refractivity contribution in [3.63, 3.8) is 0 Å². The summed E-state index contributed by atoms with van der Waals surface area (Å²) in [6.07, 6.45) is 3.44. The predicted octanol–water partition coefficient (Wildman–Crippen LogP) is 2.67. The number of nitrogens with zero attached hydrogens (tertiary/aromatic N) is 2. The maximum Gasteiger partial charge on any atom is 0.0564 e. The van der Waals surface area contributed by atoms with E-state index in [1.807, 2.05) is 0 Å². The quantitative estimate of drug-likeness (QED) is 0.874. The van der Waals surface area contributed by atoms with Crippen molar-refractivity contribution in [2.75, 3.05) is 33.2 Å². The molecule has 0 bridgehead atoms. The van der Waals surface area contributed by atoms with E-state index in [1.165, 1.54) is 18.4 Å². The largest absolute Gasteiger partial charge is 0.320 e. The number of unbranched alkanes of at least 4 members (excludes halogenated alkanes) is 1. The van der Waals surface area contributed by atoms with E-state index in [0.29, 0.717) is 6.04 Å². The summed E-state index contributed by atoms with van der Waals surface area (Å²) in [7, 11) is 2.20. The summed E-state index contributed by atoms with van der Waals surface area (Å²) in [5, 5.41) is 0. The number of benzene rings is 1. The van der Waals surface area contributed by atoms with E-state index in [0.717, 1.165) is 32.6 Å². The first kappa shape index (κ1) is 16.5. The topological polar surface area (TPSA) is 32.5 Å². The van der Waals surface area contributed by atoms with Gasteiger partial charge in [0.25, 0.3) is 0 Å². The first-order valence-electron chi connectivity index (χ1n) is 8.35. The van der Waals surface area contributed by atoms with Gasteiger partial charge in [0.15, 0.2) is 0 Å².